The van der Waals surface area contributed by atoms with Gasteiger partial charge in [0.05, 0.1) is 19.3 Å². The van der Waals surface area contributed by atoms with E-state index in [1.54, 1.807) is 0 Å². The molecule has 0 aliphatic heterocycles. The summed E-state index contributed by atoms with van der Waals surface area (Å²) in [4.78, 5) is 54.4. The predicted molar refractivity (Wildman–Crippen MR) is 82.4 cm³/mol. The molecular weight excluding hydrogens is 406 g/mol. The molecule has 0 aromatic heterocycles. The van der Waals surface area contributed by atoms with Gasteiger partial charge < -0.3 is 25.2 Å². The number of esters is 2. The fraction of sp³-hybridized carbons (Fsp3) is 0.500. The summed E-state index contributed by atoms with van der Waals surface area (Å²) >= 11 is 0. The molecule has 0 bridgehead atoms. The van der Waals surface area contributed by atoms with E-state index in [1.165, 1.54) is 0 Å². The molecule has 13 nitrogen and oxygen atoms in total. The van der Waals surface area contributed by atoms with Crippen molar-refractivity contribution in [2.75, 3.05) is 0 Å². The van der Waals surface area contributed by atoms with Crippen LogP contribution in [0.4, 0.5) is 0 Å². The zero-order valence-corrected chi connectivity index (χ0v) is 12.4. The minimum atomic E-state index is -5.19. The fourth-order valence-corrected chi connectivity index (χ4v) is 1.98. The Kier molecular flexibility index (Phi) is 13.9. The van der Waals surface area contributed by atoms with Crippen molar-refractivity contribution in [1.29, 1.82) is 0 Å². The molecule has 0 heterocycles. The molecule has 0 aliphatic rings. The molecule has 2 atom stereocenters. The van der Waals surface area contributed by atoms with Crippen molar-refractivity contribution in [3.05, 3.63) is 0 Å². The number of carbonyl (C=O) groups is 5. The molecule has 0 saturated carbocycles. The second kappa shape index (κ2) is 12.0. The first kappa shape index (κ1) is 30.2. The Hall–Kier alpha value is -0.580. The molecule has 16 heteroatoms. The molecule has 0 rings (SSSR count). The van der Waals surface area contributed by atoms with Crippen LogP contribution in [0.25, 0.3) is 0 Å². The predicted octanol–water partition coefficient (Wildman–Crippen LogP) is -3.83. The Morgan fingerprint density at radius 3 is 1.69 bits per heavy atom. The third kappa shape index (κ3) is 10.5. The Morgan fingerprint density at radius 2 is 1.38 bits per heavy atom. The number of carbonyl (C=O) groups excluding carboxylic acids is 2. The first-order chi connectivity index (χ1) is 10.7. The molecule has 0 aromatic rings. The molecular formula is C10H14Na2O13S. The maximum absolute atomic E-state index is 11.3. The second-order valence-corrected chi connectivity index (χ2v) is 6.08. The van der Waals surface area contributed by atoms with Crippen LogP contribution in [-0.2, 0) is 38.8 Å². The van der Waals surface area contributed by atoms with Crippen LogP contribution in [0.15, 0.2) is 0 Å². The first-order valence-corrected chi connectivity index (χ1v) is 7.29. The van der Waals surface area contributed by atoms with E-state index >= 15 is 0 Å². The molecule has 140 valence electrons. The number of aliphatic hydroxyl groups is 1. The first-order valence-electron chi connectivity index (χ1n) is 5.79. The van der Waals surface area contributed by atoms with Crippen LogP contribution in [0.5, 0.6) is 0 Å². The van der Waals surface area contributed by atoms with Crippen molar-refractivity contribution in [3.8, 4) is 0 Å². The van der Waals surface area contributed by atoms with E-state index in [9.17, 15) is 37.5 Å². The van der Waals surface area contributed by atoms with Crippen LogP contribution in [0.2, 0.25) is 0 Å². The zero-order chi connectivity index (χ0) is 19.3. The molecule has 0 amide bonds. The molecule has 0 fully saturated rings. The summed E-state index contributed by atoms with van der Waals surface area (Å²) in [5, 5.41) is 32.6. The summed E-state index contributed by atoms with van der Waals surface area (Å²) in [6.45, 7) is 0. The van der Waals surface area contributed by atoms with Gasteiger partial charge in [-0.15, -0.1) is 0 Å². The minimum absolute atomic E-state index is 0. The number of hydrogen-bond donors (Lipinski definition) is 5. The van der Waals surface area contributed by atoms with E-state index in [0.29, 0.717) is 0 Å². The molecule has 26 heavy (non-hydrogen) atoms. The zero-order valence-electron chi connectivity index (χ0n) is 11.6. The summed E-state index contributed by atoms with van der Waals surface area (Å²) in [6.07, 6.45) is -4.37. The van der Waals surface area contributed by atoms with E-state index in [2.05, 4.69) is 4.74 Å². The average Bonchev–Trinajstić information content (AvgIpc) is 2.32. The van der Waals surface area contributed by atoms with Gasteiger partial charge in [0, 0.05) is 0 Å². The van der Waals surface area contributed by atoms with Crippen LogP contribution < -0.4 is 0 Å². The van der Waals surface area contributed by atoms with E-state index in [4.69, 9.17) is 19.9 Å². The third-order valence-electron chi connectivity index (χ3n) is 2.49. The normalized spacial score (nSPS) is 13.8. The topological polar surface area (TPSA) is 230 Å². The Morgan fingerprint density at radius 1 is 0.923 bits per heavy atom. The number of carboxylic acid groups (broad SMARTS) is 3. The average molecular weight is 420 g/mol. The molecule has 2 unspecified atom stereocenters. The van der Waals surface area contributed by atoms with Crippen molar-refractivity contribution in [1.82, 2.24) is 0 Å². The summed E-state index contributed by atoms with van der Waals surface area (Å²) in [5.74, 6) is -9.50. The fourth-order valence-electron chi connectivity index (χ4n) is 1.38. The van der Waals surface area contributed by atoms with E-state index in [0.717, 1.165) is 0 Å². The number of aliphatic carboxylic acids is 3. The van der Waals surface area contributed by atoms with Crippen molar-refractivity contribution in [3.63, 3.8) is 0 Å². The number of ether oxygens (including phenoxy) is 1. The van der Waals surface area contributed by atoms with Gasteiger partial charge >= 0.3 is 89.0 Å². The van der Waals surface area contributed by atoms with Crippen molar-refractivity contribution < 1.29 is 62.1 Å². The van der Waals surface area contributed by atoms with Gasteiger partial charge in [-0.25, -0.2) is 4.79 Å². The second-order valence-electron chi connectivity index (χ2n) is 4.48. The van der Waals surface area contributed by atoms with Crippen molar-refractivity contribution >= 4 is 99.1 Å². The van der Waals surface area contributed by atoms with Gasteiger partial charge in [-0.1, -0.05) is 0 Å². The van der Waals surface area contributed by atoms with Gasteiger partial charge in [-0.05, 0) is 0 Å². The molecule has 5 N–H and O–H groups in total. The van der Waals surface area contributed by atoms with Gasteiger partial charge in [0.25, 0.3) is 10.1 Å². The van der Waals surface area contributed by atoms with Crippen LogP contribution >= 0.6 is 0 Å². The van der Waals surface area contributed by atoms with Gasteiger partial charge in [-0.3, -0.25) is 23.7 Å². The Bertz CT molecular complexity index is 672. The molecule has 0 aliphatic carbocycles. The monoisotopic (exact) mass is 420 g/mol. The van der Waals surface area contributed by atoms with Gasteiger partial charge in [0.2, 0.25) is 0 Å². The van der Waals surface area contributed by atoms with Crippen LogP contribution in [0, 0.1) is 0 Å². The summed E-state index contributed by atoms with van der Waals surface area (Å²) in [7, 11) is -5.19. The quantitative estimate of drug-likeness (QED) is 0.104. The van der Waals surface area contributed by atoms with Crippen molar-refractivity contribution in [2.24, 2.45) is 0 Å². The summed E-state index contributed by atoms with van der Waals surface area (Å²) in [6, 6.07) is 0. The van der Waals surface area contributed by atoms with Crippen LogP contribution in [0.3, 0.4) is 0 Å². The summed E-state index contributed by atoms with van der Waals surface area (Å²) < 4.78 is 34.0. The molecule has 0 saturated heterocycles. The summed E-state index contributed by atoms with van der Waals surface area (Å²) in [5.41, 5.74) is -3.10. The molecule has 0 radical (unpaired) electrons. The van der Waals surface area contributed by atoms with Crippen LogP contribution in [-0.4, -0.2) is 133 Å². The SMILES string of the molecule is O=C(O)CC(O)(CC(=O)OC(=O)CC(C(=O)O)S(=O)(=O)O)C(=O)O.[NaH].[NaH]. The third-order valence-corrected chi connectivity index (χ3v) is 3.58. The standard InChI is InChI=1S/C10H12O13S.2Na.2H/c11-5(12)2-10(19,9(17)18)3-7(14)23-6(13)1-4(8(15)16)24(20,21)22;;;;/h4,19H,1-3H2,(H,11,12)(H,15,16)(H,17,18)(H,20,21,22);;;;. The number of hydrogen-bond acceptors (Lipinski definition) is 9. The van der Waals surface area contributed by atoms with E-state index in [-0.39, 0.29) is 59.1 Å². The van der Waals surface area contributed by atoms with Crippen LogP contribution in [0.1, 0.15) is 19.3 Å². The molecule has 0 aromatic carbocycles. The molecule has 0 spiro atoms. The van der Waals surface area contributed by atoms with Gasteiger partial charge in [0.1, 0.15) is 0 Å². The maximum atomic E-state index is 11.3. The van der Waals surface area contributed by atoms with Crippen molar-refractivity contribution in [2.45, 2.75) is 30.1 Å². The number of rotatable bonds is 9. The number of carboxylic acids is 3. The Balaban J connectivity index is -0.00000264. The van der Waals surface area contributed by atoms with E-state index < -0.39 is 70.1 Å². The Labute approximate surface area is 190 Å². The van der Waals surface area contributed by atoms with Gasteiger partial charge in [0.15, 0.2) is 10.9 Å². The van der Waals surface area contributed by atoms with E-state index in [1.807, 2.05) is 0 Å². The van der Waals surface area contributed by atoms with Gasteiger partial charge in [-0.2, -0.15) is 8.42 Å².